The van der Waals surface area contributed by atoms with Gasteiger partial charge in [0, 0.05) is 17.0 Å². The highest BCUT2D eigenvalue weighted by Crippen LogP contribution is 2.34. The summed E-state index contributed by atoms with van der Waals surface area (Å²) in [6.45, 7) is 2.31. The summed E-state index contributed by atoms with van der Waals surface area (Å²) in [6.07, 6.45) is 4.75. The molecule has 0 aliphatic heterocycles. The van der Waals surface area contributed by atoms with Crippen molar-refractivity contribution in [3.05, 3.63) is 22.4 Å². The summed E-state index contributed by atoms with van der Waals surface area (Å²) in [5.74, 6) is -0.269. The molecule has 1 aromatic heterocycles. The molecule has 4 N–H and O–H groups in total. The van der Waals surface area contributed by atoms with Gasteiger partial charge in [0.25, 0.3) is 0 Å². The number of nitrogens with two attached hydrogens (primary N) is 2. The van der Waals surface area contributed by atoms with Gasteiger partial charge < -0.3 is 11.5 Å². The fraction of sp³-hybridized carbons (Fsp3) is 0.643. The first-order valence-corrected chi connectivity index (χ1v) is 7.80. The van der Waals surface area contributed by atoms with Crippen molar-refractivity contribution in [2.45, 2.75) is 50.7 Å². The predicted octanol–water partition coefficient (Wildman–Crippen LogP) is 1.87. The van der Waals surface area contributed by atoms with E-state index in [9.17, 15) is 4.79 Å². The normalized spacial score (nSPS) is 19.7. The standard InChI is InChI=1S/C14H23N3OS/c1-10(15)14(12-7-4-8-19-12)17(9-13(16)18)11-5-2-3-6-11/h4,7-8,10-11,14H,2-3,5-6,9,15H2,1H3,(H2,16,18). The average molecular weight is 281 g/mol. The molecule has 1 fully saturated rings. The van der Waals surface area contributed by atoms with Gasteiger partial charge in [-0.1, -0.05) is 18.9 Å². The van der Waals surface area contributed by atoms with Crippen LogP contribution in [0.15, 0.2) is 17.5 Å². The Morgan fingerprint density at radius 2 is 2.21 bits per heavy atom. The highest BCUT2D eigenvalue weighted by Gasteiger charge is 2.33. The third-order valence-electron chi connectivity index (χ3n) is 3.82. The third-order valence-corrected chi connectivity index (χ3v) is 4.77. The monoisotopic (exact) mass is 281 g/mol. The molecule has 0 bridgehead atoms. The van der Waals surface area contributed by atoms with Gasteiger partial charge in [-0.3, -0.25) is 9.69 Å². The minimum atomic E-state index is -0.269. The van der Waals surface area contributed by atoms with Crippen molar-refractivity contribution in [3.63, 3.8) is 0 Å². The van der Waals surface area contributed by atoms with E-state index in [-0.39, 0.29) is 18.0 Å². The number of hydrogen-bond acceptors (Lipinski definition) is 4. The van der Waals surface area contributed by atoms with Crippen LogP contribution in [0, 0.1) is 0 Å². The molecule has 1 heterocycles. The zero-order valence-corrected chi connectivity index (χ0v) is 12.2. The van der Waals surface area contributed by atoms with Gasteiger partial charge in [-0.05, 0) is 31.2 Å². The molecule has 0 radical (unpaired) electrons. The van der Waals surface area contributed by atoms with Gasteiger partial charge in [0.2, 0.25) is 5.91 Å². The van der Waals surface area contributed by atoms with Crippen LogP contribution < -0.4 is 11.5 Å². The van der Waals surface area contributed by atoms with Gasteiger partial charge in [-0.25, -0.2) is 0 Å². The Balaban J connectivity index is 2.24. The van der Waals surface area contributed by atoms with Crippen molar-refractivity contribution in [2.75, 3.05) is 6.54 Å². The van der Waals surface area contributed by atoms with E-state index in [1.54, 1.807) is 11.3 Å². The fourth-order valence-electron chi connectivity index (χ4n) is 3.05. The fourth-order valence-corrected chi connectivity index (χ4v) is 4.02. The first-order chi connectivity index (χ1) is 9.09. The van der Waals surface area contributed by atoms with Crippen LogP contribution in [0.2, 0.25) is 0 Å². The zero-order chi connectivity index (χ0) is 13.8. The molecule has 1 amide bonds. The number of amides is 1. The van der Waals surface area contributed by atoms with Crippen molar-refractivity contribution in [1.29, 1.82) is 0 Å². The zero-order valence-electron chi connectivity index (χ0n) is 11.4. The van der Waals surface area contributed by atoms with Crippen LogP contribution in [0.4, 0.5) is 0 Å². The maximum Gasteiger partial charge on any atom is 0.231 e. The molecular formula is C14H23N3OS. The van der Waals surface area contributed by atoms with E-state index in [0.29, 0.717) is 12.6 Å². The van der Waals surface area contributed by atoms with E-state index in [1.165, 1.54) is 17.7 Å². The number of carbonyl (C=O) groups excluding carboxylic acids is 1. The molecule has 1 saturated carbocycles. The lowest BCUT2D eigenvalue weighted by atomic mass is 10.0. The molecular weight excluding hydrogens is 258 g/mol. The molecule has 0 saturated heterocycles. The highest BCUT2D eigenvalue weighted by atomic mass is 32.1. The second-order valence-corrected chi connectivity index (χ2v) is 6.38. The second kappa shape index (κ2) is 6.50. The minimum absolute atomic E-state index is 0.0152. The van der Waals surface area contributed by atoms with E-state index in [2.05, 4.69) is 16.3 Å². The lowest BCUT2D eigenvalue weighted by molar-refractivity contribution is -0.120. The summed E-state index contributed by atoms with van der Waals surface area (Å²) < 4.78 is 0. The molecule has 2 atom stereocenters. The number of carbonyl (C=O) groups is 1. The quantitative estimate of drug-likeness (QED) is 0.836. The Hall–Kier alpha value is -0.910. The van der Waals surface area contributed by atoms with Gasteiger partial charge in [-0.2, -0.15) is 0 Å². The Morgan fingerprint density at radius 1 is 1.53 bits per heavy atom. The highest BCUT2D eigenvalue weighted by molar-refractivity contribution is 7.10. The summed E-state index contributed by atoms with van der Waals surface area (Å²) in [5, 5.41) is 2.06. The Kier molecular flexibility index (Phi) is 4.96. The van der Waals surface area contributed by atoms with Gasteiger partial charge >= 0.3 is 0 Å². The molecule has 1 aliphatic carbocycles. The molecule has 2 unspecified atom stereocenters. The molecule has 19 heavy (non-hydrogen) atoms. The van der Waals surface area contributed by atoms with Crippen LogP contribution in [-0.2, 0) is 4.79 Å². The molecule has 4 nitrogen and oxygen atoms in total. The van der Waals surface area contributed by atoms with Crippen molar-refractivity contribution >= 4 is 17.2 Å². The lowest BCUT2D eigenvalue weighted by Gasteiger charge is -2.37. The van der Waals surface area contributed by atoms with Crippen LogP contribution in [0.25, 0.3) is 0 Å². The van der Waals surface area contributed by atoms with Crippen molar-refractivity contribution in [3.8, 4) is 0 Å². The largest absolute Gasteiger partial charge is 0.369 e. The molecule has 1 aliphatic rings. The molecule has 2 rings (SSSR count). The molecule has 5 heteroatoms. The van der Waals surface area contributed by atoms with Gasteiger partial charge in [0.05, 0.1) is 12.6 Å². The Morgan fingerprint density at radius 3 is 2.68 bits per heavy atom. The van der Waals surface area contributed by atoms with E-state index in [1.807, 2.05) is 13.0 Å². The summed E-state index contributed by atoms with van der Waals surface area (Å²) in [7, 11) is 0. The number of primary amides is 1. The molecule has 1 aromatic rings. The van der Waals surface area contributed by atoms with Crippen LogP contribution in [-0.4, -0.2) is 29.4 Å². The summed E-state index contributed by atoms with van der Waals surface area (Å²) in [5.41, 5.74) is 11.6. The topological polar surface area (TPSA) is 72.3 Å². The smallest absolute Gasteiger partial charge is 0.231 e. The number of hydrogen-bond donors (Lipinski definition) is 2. The summed E-state index contributed by atoms with van der Waals surface area (Å²) in [4.78, 5) is 14.9. The lowest BCUT2D eigenvalue weighted by Crippen LogP contribution is -2.47. The summed E-state index contributed by atoms with van der Waals surface area (Å²) >= 11 is 1.70. The number of thiophene rings is 1. The number of rotatable bonds is 6. The maximum absolute atomic E-state index is 11.4. The van der Waals surface area contributed by atoms with E-state index in [0.717, 1.165) is 12.8 Å². The van der Waals surface area contributed by atoms with Gasteiger partial charge in [0.1, 0.15) is 0 Å². The van der Waals surface area contributed by atoms with Crippen LogP contribution in [0.3, 0.4) is 0 Å². The third kappa shape index (κ3) is 3.55. The summed E-state index contributed by atoms with van der Waals surface area (Å²) in [6, 6.07) is 4.65. The molecule has 106 valence electrons. The van der Waals surface area contributed by atoms with Crippen molar-refractivity contribution < 1.29 is 4.79 Å². The van der Waals surface area contributed by atoms with Gasteiger partial charge in [0.15, 0.2) is 0 Å². The number of nitrogens with zero attached hydrogens (tertiary/aromatic N) is 1. The second-order valence-electron chi connectivity index (χ2n) is 5.40. The van der Waals surface area contributed by atoms with E-state index in [4.69, 9.17) is 11.5 Å². The van der Waals surface area contributed by atoms with E-state index < -0.39 is 0 Å². The van der Waals surface area contributed by atoms with Crippen LogP contribution in [0.5, 0.6) is 0 Å². The molecule has 0 spiro atoms. The van der Waals surface area contributed by atoms with Crippen LogP contribution in [0.1, 0.15) is 43.5 Å². The first kappa shape index (κ1) is 14.5. The first-order valence-electron chi connectivity index (χ1n) is 6.92. The average Bonchev–Trinajstić information content (AvgIpc) is 3.00. The Labute approximate surface area is 118 Å². The van der Waals surface area contributed by atoms with Gasteiger partial charge in [-0.15, -0.1) is 11.3 Å². The van der Waals surface area contributed by atoms with Crippen molar-refractivity contribution in [2.24, 2.45) is 11.5 Å². The van der Waals surface area contributed by atoms with Crippen molar-refractivity contribution in [1.82, 2.24) is 4.90 Å². The maximum atomic E-state index is 11.4. The van der Waals surface area contributed by atoms with E-state index >= 15 is 0 Å². The Bertz CT molecular complexity index is 399. The predicted molar refractivity (Wildman–Crippen MR) is 78.9 cm³/mol. The molecule has 0 aromatic carbocycles. The van der Waals surface area contributed by atoms with Crippen LogP contribution >= 0.6 is 11.3 Å². The SMILES string of the molecule is CC(N)C(c1cccs1)N(CC(N)=O)C1CCCC1. The minimum Gasteiger partial charge on any atom is -0.369 e.